The molecule has 2 aromatic carbocycles. The first kappa shape index (κ1) is 24.7. The van der Waals surface area contributed by atoms with Crippen LogP contribution in [0.3, 0.4) is 0 Å². The van der Waals surface area contributed by atoms with Crippen molar-refractivity contribution in [1.29, 1.82) is 0 Å². The van der Waals surface area contributed by atoms with Gasteiger partial charge in [-0.2, -0.15) is 4.98 Å². The van der Waals surface area contributed by atoms with Crippen molar-refractivity contribution in [2.75, 3.05) is 36.4 Å². The third kappa shape index (κ3) is 5.09. The number of aliphatic carboxylic acids is 1. The topological polar surface area (TPSA) is 81.6 Å². The highest BCUT2D eigenvalue weighted by Gasteiger charge is 2.42. The summed E-state index contributed by atoms with van der Waals surface area (Å²) in [5, 5.41) is 14.9. The van der Waals surface area contributed by atoms with E-state index in [9.17, 15) is 9.90 Å². The number of nitrogens with one attached hydrogen (secondary N) is 1. The average Bonchev–Trinajstić information content (AvgIpc) is 2.81. The number of nitrogens with zero attached hydrogens (tertiary/aromatic N) is 4. The van der Waals surface area contributed by atoms with Crippen molar-refractivity contribution in [2.24, 2.45) is 17.8 Å². The summed E-state index contributed by atoms with van der Waals surface area (Å²) in [5.41, 5.74) is 1.88. The van der Waals surface area contributed by atoms with Gasteiger partial charge < -0.3 is 20.2 Å². The van der Waals surface area contributed by atoms with Crippen molar-refractivity contribution < 1.29 is 9.90 Å². The second-order valence-corrected chi connectivity index (χ2v) is 11.5. The Hall–Kier alpha value is -2.61. The maximum atomic E-state index is 11.2. The van der Waals surface area contributed by atoms with Crippen LogP contribution in [0.5, 0.6) is 0 Å². The molecule has 1 aromatic heterocycles. The molecule has 3 aliphatic rings. The lowest BCUT2D eigenvalue weighted by molar-refractivity contribution is -0.147. The van der Waals surface area contributed by atoms with Crippen LogP contribution in [-0.4, -0.2) is 58.2 Å². The first-order valence-corrected chi connectivity index (χ1v) is 13.9. The Balaban J connectivity index is 1.12. The third-order valence-corrected chi connectivity index (χ3v) is 8.97. The van der Waals surface area contributed by atoms with Crippen molar-refractivity contribution in [3.63, 3.8) is 0 Å². The molecule has 9 heteroatoms. The maximum absolute atomic E-state index is 11.2. The van der Waals surface area contributed by atoms with Gasteiger partial charge in [0.2, 0.25) is 5.95 Å². The summed E-state index contributed by atoms with van der Waals surface area (Å²) in [6.07, 6.45) is 4.06. The zero-order valence-electron chi connectivity index (χ0n) is 20.6. The van der Waals surface area contributed by atoms with E-state index in [0.29, 0.717) is 34.5 Å². The van der Waals surface area contributed by atoms with Crippen molar-refractivity contribution in [2.45, 2.75) is 38.3 Å². The van der Waals surface area contributed by atoms with Gasteiger partial charge in [-0.15, -0.1) is 0 Å². The smallest absolute Gasteiger partial charge is 0.306 e. The summed E-state index contributed by atoms with van der Waals surface area (Å²) in [7, 11) is 0. The number of benzene rings is 2. The highest BCUT2D eigenvalue weighted by molar-refractivity contribution is 6.35. The quantitative estimate of drug-likeness (QED) is 0.406. The molecule has 2 aliphatic heterocycles. The minimum Gasteiger partial charge on any atom is -0.481 e. The number of rotatable bonds is 7. The van der Waals surface area contributed by atoms with Crippen LogP contribution >= 0.6 is 23.2 Å². The maximum Gasteiger partial charge on any atom is 0.306 e. The summed E-state index contributed by atoms with van der Waals surface area (Å²) in [5.74, 6) is 2.05. The minimum atomic E-state index is -0.639. The normalized spacial score (nSPS) is 24.5. The van der Waals surface area contributed by atoms with Gasteiger partial charge in [0.05, 0.1) is 11.4 Å². The van der Waals surface area contributed by atoms with E-state index in [1.165, 1.54) is 12.8 Å². The van der Waals surface area contributed by atoms with Gasteiger partial charge in [-0.1, -0.05) is 41.4 Å². The number of carboxylic acids is 1. The van der Waals surface area contributed by atoms with Crippen molar-refractivity contribution in [3.05, 3.63) is 58.1 Å². The molecule has 2 N–H and O–H groups in total. The lowest BCUT2D eigenvalue weighted by Gasteiger charge is -2.50. The van der Waals surface area contributed by atoms with Crippen molar-refractivity contribution in [3.8, 4) is 0 Å². The highest BCUT2D eigenvalue weighted by Crippen LogP contribution is 2.38. The first-order valence-electron chi connectivity index (χ1n) is 13.1. The van der Waals surface area contributed by atoms with Gasteiger partial charge in [-0.05, 0) is 73.9 Å². The number of carboxylic acid groups (broad SMARTS) is 1. The molecule has 3 heterocycles. The molecule has 1 atom stereocenters. The van der Waals surface area contributed by atoms with Crippen LogP contribution in [0.25, 0.3) is 10.9 Å². The van der Waals surface area contributed by atoms with E-state index in [2.05, 4.69) is 15.1 Å². The fourth-order valence-electron chi connectivity index (χ4n) is 6.00. The lowest BCUT2D eigenvalue weighted by atomic mass is 9.76. The molecule has 37 heavy (non-hydrogen) atoms. The molecule has 0 bridgehead atoms. The summed E-state index contributed by atoms with van der Waals surface area (Å²) < 4.78 is 0. The van der Waals surface area contributed by atoms with E-state index in [-0.39, 0.29) is 5.92 Å². The Labute approximate surface area is 226 Å². The van der Waals surface area contributed by atoms with Crippen LogP contribution in [0.1, 0.15) is 31.2 Å². The number of carbonyl (C=O) groups is 1. The Morgan fingerprint density at radius 1 is 1.05 bits per heavy atom. The highest BCUT2D eigenvalue weighted by atomic mass is 35.5. The number of fused-ring (bicyclic) bond motifs is 1. The Morgan fingerprint density at radius 2 is 1.86 bits per heavy atom. The zero-order valence-corrected chi connectivity index (χ0v) is 22.1. The molecule has 3 aromatic rings. The number of likely N-dealkylation sites (tertiary alicyclic amines) is 1. The summed E-state index contributed by atoms with van der Waals surface area (Å²) >= 11 is 12.4. The predicted octanol–water partition coefficient (Wildman–Crippen LogP) is 5.56. The summed E-state index contributed by atoms with van der Waals surface area (Å²) in [6, 6.07) is 14.1. The van der Waals surface area contributed by atoms with E-state index < -0.39 is 5.97 Å². The molecule has 3 fully saturated rings. The number of hydrogen-bond donors (Lipinski definition) is 2. The number of para-hydroxylation sites is 1. The van der Waals surface area contributed by atoms with Crippen molar-refractivity contribution in [1.82, 2.24) is 14.9 Å². The molecular formula is C28H31Cl2N5O2. The summed E-state index contributed by atoms with van der Waals surface area (Å²) in [6.45, 7) is 4.65. The number of hydrogen-bond acceptors (Lipinski definition) is 6. The largest absolute Gasteiger partial charge is 0.481 e. The Kier molecular flexibility index (Phi) is 6.86. The summed E-state index contributed by atoms with van der Waals surface area (Å²) in [4.78, 5) is 25.8. The zero-order chi connectivity index (χ0) is 25.5. The third-order valence-electron chi connectivity index (χ3n) is 8.38. The van der Waals surface area contributed by atoms with E-state index in [4.69, 9.17) is 33.2 Å². The Morgan fingerprint density at radius 3 is 2.65 bits per heavy atom. The van der Waals surface area contributed by atoms with Crippen LogP contribution in [0.15, 0.2) is 42.5 Å². The fourth-order valence-corrected chi connectivity index (χ4v) is 6.48. The molecule has 6 rings (SSSR count). The molecule has 194 valence electrons. The van der Waals surface area contributed by atoms with Crippen molar-refractivity contribution >= 4 is 51.8 Å². The number of anilines is 2. The molecule has 0 radical (unpaired) electrons. The van der Waals surface area contributed by atoms with Crippen LogP contribution in [0, 0.1) is 17.8 Å². The SMILES string of the molecule is O=C(O)C1CC(N2CCCC(C3CN(c4nc(NCc5ccc(Cl)cc5Cl)c5ccccc5n4)C3)C2)C1. The van der Waals surface area contributed by atoms with Crippen LogP contribution < -0.4 is 10.2 Å². The van der Waals surface area contributed by atoms with Gasteiger partial charge in [0.1, 0.15) is 5.82 Å². The van der Waals surface area contributed by atoms with Crippen LogP contribution in [0.4, 0.5) is 11.8 Å². The van der Waals surface area contributed by atoms with Gasteiger partial charge in [-0.3, -0.25) is 4.79 Å². The van der Waals surface area contributed by atoms with E-state index >= 15 is 0 Å². The molecule has 1 aliphatic carbocycles. The molecule has 1 saturated carbocycles. The van der Waals surface area contributed by atoms with Gasteiger partial charge in [0.15, 0.2) is 0 Å². The van der Waals surface area contributed by atoms with Gasteiger partial charge in [0, 0.05) is 47.7 Å². The van der Waals surface area contributed by atoms with Crippen LogP contribution in [0.2, 0.25) is 10.0 Å². The second kappa shape index (κ2) is 10.3. The van der Waals surface area contributed by atoms with Crippen LogP contribution in [-0.2, 0) is 11.3 Å². The van der Waals surface area contributed by atoms with Gasteiger partial charge in [0.25, 0.3) is 0 Å². The predicted molar refractivity (Wildman–Crippen MR) is 147 cm³/mol. The first-order chi connectivity index (χ1) is 17.9. The molecule has 2 saturated heterocycles. The number of piperidine rings is 1. The van der Waals surface area contributed by atoms with E-state index in [0.717, 1.165) is 67.3 Å². The van der Waals surface area contributed by atoms with Gasteiger partial charge >= 0.3 is 5.97 Å². The fraction of sp³-hybridized carbons (Fsp3) is 0.464. The molecule has 1 unspecified atom stereocenters. The molecule has 0 amide bonds. The molecule has 7 nitrogen and oxygen atoms in total. The number of aromatic nitrogens is 2. The second-order valence-electron chi connectivity index (χ2n) is 10.7. The van der Waals surface area contributed by atoms with E-state index in [1.807, 2.05) is 36.4 Å². The number of halogens is 2. The lowest BCUT2D eigenvalue weighted by Crippen LogP contribution is -2.56. The average molecular weight is 540 g/mol. The van der Waals surface area contributed by atoms with Gasteiger partial charge in [-0.25, -0.2) is 4.98 Å². The minimum absolute atomic E-state index is 0.145. The Bertz CT molecular complexity index is 1310. The standard InChI is InChI=1S/C28H31Cl2N5O2/c29-21-8-7-17(24(30)12-21)13-31-26-23-5-1-2-6-25(23)32-28(33-26)35-15-20(16-35)18-4-3-9-34(14-18)22-10-19(11-22)27(36)37/h1-2,5-8,12,18-20,22H,3-4,9-11,13-16H2,(H,36,37)(H,31,32,33). The van der Waals surface area contributed by atoms with E-state index in [1.54, 1.807) is 6.07 Å². The monoisotopic (exact) mass is 539 g/mol. The molecular weight excluding hydrogens is 509 g/mol. The molecule has 0 spiro atoms.